The Morgan fingerprint density at radius 2 is 2.00 bits per heavy atom. The van der Waals surface area contributed by atoms with E-state index in [1.807, 2.05) is 44.6 Å². The monoisotopic (exact) mass is 317 g/mol. The molecule has 0 aliphatic rings. The third-order valence-electron chi connectivity index (χ3n) is 3.21. The number of nitrogens with zero attached hydrogens (tertiary/aromatic N) is 1. The highest BCUT2D eigenvalue weighted by Crippen LogP contribution is 2.13. The molecule has 0 fully saturated rings. The summed E-state index contributed by atoms with van der Waals surface area (Å²) >= 11 is 1.66. The van der Waals surface area contributed by atoms with E-state index >= 15 is 0 Å². The van der Waals surface area contributed by atoms with Gasteiger partial charge in [-0.05, 0) is 31.7 Å². The Bertz CT molecular complexity index is 518. The van der Waals surface area contributed by atoms with Crippen molar-refractivity contribution >= 4 is 22.5 Å². The zero-order valence-electron chi connectivity index (χ0n) is 14.0. The molecule has 0 unspecified atom stereocenters. The molecule has 2 N–H and O–H groups in total. The van der Waals surface area contributed by atoms with E-state index in [9.17, 15) is 0 Å². The molecule has 0 saturated carbocycles. The van der Waals surface area contributed by atoms with Gasteiger partial charge in [-0.2, -0.15) is 0 Å². The molecule has 4 heteroatoms. The molecule has 1 aromatic carbocycles. The molecule has 0 aliphatic heterocycles. The molecule has 0 aliphatic carbocycles. The Morgan fingerprint density at radius 3 is 2.59 bits per heavy atom. The van der Waals surface area contributed by atoms with E-state index in [4.69, 9.17) is 0 Å². The first-order valence-electron chi connectivity index (χ1n) is 7.65. The Hall–Kier alpha value is -1.68. The van der Waals surface area contributed by atoms with Crippen molar-refractivity contribution in [3.05, 3.63) is 53.9 Å². The van der Waals surface area contributed by atoms with E-state index in [-0.39, 0.29) is 0 Å². The van der Waals surface area contributed by atoms with Crippen LogP contribution in [0.5, 0.6) is 0 Å². The van der Waals surface area contributed by atoms with Crippen LogP contribution in [0, 0.1) is 0 Å². The minimum absolute atomic E-state index is 0.742. The number of allylic oxidation sites excluding steroid dienone is 1. The molecule has 0 aromatic heterocycles. The number of hydrogen-bond donors (Lipinski definition) is 2. The quantitative estimate of drug-likeness (QED) is 0.416. The summed E-state index contributed by atoms with van der Waals surface area (Å²) in [5.41, 5.74) is 3.42. The highest BCUT2D eigenvalue weighted by Gasteiger charge is 2.04. The van der Waals surface area contributed by atoms with E-state index in [1.165, 1.54) is 0 Å². The van der Waals surface area contributed by atoms with Gasteiger partial charge >= 0.3 is 0 Å². The van der Waals surface area contributed by atoms with Crippen LogP contribution >= 0.6 is 11.8 Å². The zero-order valence-corrected chi connectivity index (χ0v) is 14.8. The van der Waals surface area contributed by atoms with Gasteiger partial charge in [-0.15, -0.1) is 11.8 Å². The number of unbranched alkanes of at least 4 members (excludes halogenated alkanes) is 1. The van der Waals surface area contributed by atoms with Gasteiger partial charge in [0.1, 0.15) is 0 Å². The summed E-state index contributed by atoms with van der Waals surface area (Å²) in [7, 11) is 1.96. The minimum Gasteiger partial charge on any atom is -0.388 e. The predicted molar refractivity (Wildman–Crippen MR) is 102 cm³/mol. The number of likely N-dealkylation sites (N-methyl/N-ethyl adjacent to an activating group) is 1. The van der Waals surface area contributed by atoms with Gasteiger partial charge in [-0.1, -0.05) is 37.6 Å². The molecule has 22 heavy (non-hydrogen) atoms. The SMILES string of the molecule is CCC/C=C(NC)/C(=C\N=C(C)SC)CNc1ccccc1. The molecular formula is C18H27N3S. The second-order valence-corrected chi connectivity index (χ2v) is 5.88. The molecule has 0 saturated heterocycles. The lowest BCUT2D eigenvalue weighted by molar-refractivity contribution is 0.906. The highest BCUT2D eigenvalue weighted by atomic mass is 32.2. The molecule has 0 heterocycles. The molecule has 0 atom stereocenters. The van der Waals surface area contributed by atoms with E-state index < -0.39 is 0 Å². The van der Waals surface area contributed by atoms with Crippen LogP contribution < -0.4 is 10.6 Å². The second-order valence-electron chi connectivity index (χ2n) is 4.88. The maximum Gasteiger partial charge on any atom is 0.0697 e. The largest absolute Gasteiger partial charge is 0.388 e. The molecule has 0 spiro atoms. The van der Waals surface area contributed by atoms with Gasteiger partial charge in [0.2, 0.25) is 0 Å². The number of aliphatic imine (C=N–C) groups is 1. The average molecular weight is 318 g/mol. The fraction of sp³-hybridized carbons (Fsp3) is 0.389. The van der Waals surface area contributed by atoms with Crippen molar-refractivity contribution in [1.29, 1.82) is 0 Å². The predicted octanol–water partition coefficient (Wildman–Crippen LogP) is 4.67. The maximum atomic E-state index is 4.53. The first-order valence-corrected chi connectivity index (χ1v) is 8.88. The summed E-state index contributed by atoms with van der Waals surface area (Å²) in [6.45, 7) is 4.95. The third kappa shape index (κ3) is 6.85. The van der Waals surface area contributed by atoms with Crippen molar-refractivity contribution in [3.63, 3.8) is 0 Å². The summed E-state index contributed by atoms with van der Waals surface area (Å²) < 4.78 is 0. The lowest BCUT2D eigenvalue weighted by atomic mass is 10.1. The van der Waals surface area contributed by atoms with Crippen LogP contribution in [0.1, 0.15) is 26.7 Å². The van der Waals surface area contributed by atoms with Gasteiger partial charge in [0, 0.05) is 36.7 Å². The molecule has 120 valence electrons. The summed E-state index contributed by atoms with van der Waals surface area (Å²) in [4.78, 5) is 4.53. The van der Waals surface area contributed by atoms with Crippen LogP contribution in [-0.2, 0) is 0 Å². The second kappa shape index (κ2) is 11.0. The Balaban J connectivity index is 2.90. The summed E-state index contributed by atoms with van der Waals surface area (Å²) in [5, 5.41) is 7.80. The first-order chi connectivity index (χ1) is 10.7. The highest BCUT2D eigenvalue weighted by molar-refractivity contribution is 8.13. The molecule has 0 radical (unpaired) electrons. The number of benzene rings is 1. The van der Waals surface area contributed by atoms with Crippen molar-refractivity contribution in [2.75, 3.05) is 25.2 Å². The fourth-order valence-electron chi connectivity index (χ4n) is 1.87. The van der Waals surface area contributed by atoms with Gasteiger partial charge in [-0.3, -0.25) is 4.99 Å². The van der Waals surface area contributed by atoms with Crippen LogP contribution in [0.3, 0.4) is 0 Å². The summed E-state index contributed by atoms with van der Waals surface area (Å²) in [5.74, 6) is 0. The number of thioether (sulfide) groups is 1. The average Bonchev–Trinajstić information content (AvgIpc) is 2.57. The van der Waals surface area contributed by atoms with Crippen molar-refractivity contribution in [2.24, 2.45) is 4.99 Å². The maximum absolute atomic E-state index is 4.53. The van der Waals surface area contributed by atoms with Crippen LogP contribution in [0.15, 0.2) is 58.9 Å². The van der Waals surface area contributed by atoms with E-state index in [0.717, 1.165) is 41.4 Å². The molecule has 3 nitrogen and oxygen atoms in total. The molecule has 1 rings (SSSR count). The number of anilines is 1. The third-order valence-corrected chi connectivity index (χ3v) is 3.90. The lowest BCUT2D eigenvalue weighted by Crippen LogP contribution is -2.15. The molecule has 1 aromatic rings. The molecular weight excluding hydrogens is 290 g/mol. The first kappa shape index (κ1) is 18.4. The van der Waals surface area contributed by atoms with Gasteiger partial charge < -0.3 is 10.6 Å². The van der Waals surface area contributed by atoms with Crippen LogP contribution in [0.2, 0.25) is 0 Å². The standard InChI is InChI=1S/C18H27N3S/c1-5-6-12-18(19-3)16(13-20-15(2)22-4)14-21-17-10-8-7-9-11-17/h7-13,19,21H,5-6,14H2,1-4H3/b16-13-,18-12-,20-15?. The van der Waals surface area contributed by atoms with Crippen molar-refractivity contribution in [3.8, 4) is 0 Å². The molecule has 0 bridgehead atoms. The Labute approximate surface area is 139 Å². The Kier molecular flexibility index (Phi) is 9.15. The summed E-state index contributed by atoms with van der Waals surface area (Å²) in [6, 6.07) is 10.2. The van der Waals surface area contributed by atoms with Crippen LogP contribution in [0.4, 0.5) is 5.69 Å². The van der Waals surface area contributed by atoms with E-state index in [1.54, 1.807) is 11.8 Å². The summed E-state index contributed by atoms with van der Waals surface area (Å²) in [6.07, 6.45) is 8.43. The Morgan fingerprint density at radius 1 is 1.27 bits per heavy atom. The van der Waals surface area contributed by atoms with Crippen molar-refractivity contribution < 1.29 is 0 Å². The van der Waals surface area contributed by atoms with Crippen molar-refractivity contribution in [2.45, 2.75) is 26.7 Å². The number of hydrogen-bond acceptors (Lipinski definition) is 4. The zero-order chi connectivity index (χ0) is 16.2. The van der Waals surface area contributed by atoms with Crippen molar-refractivity contribution in [1.82, 2.24) is 5.32 Å². The fourth-order valence-corrected chi connectivity index (χ4v) is 2.03. The van der Waals surface area contributed by atoms with Gasteiger partial charge in [-0.25, -0.2) is 0 Å². The number of rotatable bonds is 8. The number of nitrogens with one attached hydrogen (secondary N) is 2. The van der Waals surface area contributed by atoms with Gasteiger partial charge in [0.15, 0.2) is 0 Å². The lowest BCUT2D eigenvalue weighted by Gasteiger charge is -2.13. The van der Waals surface area contributed by atoms with Gasteiger partial charge in [0.25, 0.3) is 0 Å². The minimum atomic E-state index is 0.742. The van der Waals surface area contributed by atoms with Crippen LogP contribution in [-0.4, -0.2) is 24.9 Å². The van der Waals surface area contributed by atoms with E-state index in [0.29, 0.717) is 0 Å². The number of para-hydroxylation sites is 1. The normalized spacial score (nSPS) is 13.2. The van der Waals surface area contributed by atoms with E-state index in [2.05, 4.69) is 40.8 Å². The topological polar surface area (TPSA) is 36.4 Å². The molecule has 0 amide bonds. The smallest absolute Gasteiger partial charge is 0.0697 e. The van der Waals surface area contributed by atoms with Gasteiger partial charge in [0.05, 0.1) is 5.04 Å². The van der Waals surface area contributed by atoms with Crippen LogP contribution in [0.25, 0.3) is 0 Å².